The van der Waals surface area contributed by atoms with Gasteiger partial charge in [-0.2, -0.15) is 5.10 Å². The molecule has 0 saturated heterocycles. The smallest absolute Gasteiger partial charge is 0.260 e. The molecular weight excluding hydrogens is 334 g/mol. The van der Waals surface area contributed by atoms with Gasteiger partial charge in [0.05, 0.1) is 5.56 Å². The van der Waals surface area contributed by atoms with Gasteiger partial charge in [0.25, 0.3) is 5.91 Å². The van der Waals surface area contributed by atoms with Crippen molar-refractivity contribution in [2.24, 2.45) is 5.92 Å². The van der Waals surface area contributed by atoms with Crippen LogP contribution in [0.5, 0.6) is 0 Å². The van der Waals surface area contributed by atoms with Gasteiger partial charge < -0.3 is 9.73 Å². The molecule has 0 aromatic carbocycles. The highest BCUT2D eigenvalue weighted by Gasteiger charge is 2.16. The molecule has 0 atom stereocenters. The number of nitrogens with zero attached hydrogens (tertiary/aromatic N) is 1. The standard InChI is InChI=1S/C15H18BrN3O2/c16-13-7-11(9-21-13)15(20)17-14-8-12(18-19-14)6-10-4-2-1-3-5-10/h7-10H,1-6H2,(H2,17,18,19,20). The SMILES string of the molecule is O=C(Nc1cc(CC2CCCCC2)[nH]n1)c1coc(Br)c1. The third-order valence-electron chi connectivity index (χ3n) is 3.94. The second-order valence-electron chi connectivity index (χ2n) is 5.58. The summed E-state index contributed by atoms with van der Waals surface area (Å²) < 4.78 is 5.59. The lowest BCUT2D eigenvalue weighted by Gasteiger charge is -2.20. The highest BCUT2D eigenvalue weighted by molar-refractivity contribution is 9.10. The van der Waals surface area contributed by atoms with E-state index in [0.717, 1.165) is 18.0 Å². The largest absolute Gasteiger partial charge is 0.457 e. The molecule has 0 bridgehead atoms. The van der Waals surface area contributed by atoms with E-state index >= 15 is 0 Å². The van der Waals surface area contributed by atoms with Crippen LogP contribution in [0.3, 0.4) is 0 Å². The Morgan fingerprint density at radius 3 is 2.90 bits per heavy atom. The van der Waals surface area contributed by atoms with Gasteiger partial charge in [-0.3, -0.25) is 9.89 Å². The molecule has 0 unspecified atom stereocenters. The Bertz CT molecular complexity index is 614. The summed E-state index contributed by atoms with van der Waals surface area (Å²) in [4.78, 5) is 12.0. The number of nitrogens with one attached hydrogen (secondary N) is 2. The first kappa shape index (κ1) is 14.4. The summed E-state index contributed by atoms with van der Waals surface area (Å²) in [6, 6.07) is 3.55. The van der Waals surface area contributed by atoms with Crippen molar-refractivity contribution < 1.29 is 9.21 Å². The van der Waals surface area contributed by atoms with E-state index in [4.69, 9.17) is 4.42 Å². The molecule has 2 N–H and O–H groups in total. The molecule has 1 amide bonds. The van der Waals surface area contributed by atoms with Crippen molar-refractivity contribution >= 4 is 27.7 Å². The third kappa shape index (κ3) is 3.75. The molecule has 2 heterocycles. The fourth-order valence-electron chi connectivity index (χ4n) is 2.85. The topological polar surface area (TPSA) is 70.9 Å². The second kappa shape index (κ2) is 6.47. The molecule has 2 aromatic heterocycles. The van der Waals surface area contributed by atoms with Crippen molar-refractivity contribution in [3.63, 3.8) is 0 Å². The number of hydrogen-bond acceptors (Lipinski definition) is 3. The van der Waals surface area contributed by atoms with Gasteiger partial charge in [-0.1, -0.05) is 32.1 Å². The Balaban J connectivity index is 1.58. The van der Waals surface area contributed by atoms with E-state index in [1.54, 1.807) is 6.07 Å². The van der Waals surface area contributed by atoms with E-state index in [1.807, 2.05) is 6.07 Å². The maximum absolute atomic E-state index is 12.0. The highest BCUT2D eigenvalue weighted by atomic mass is 79.9. The average Bonchev–Trinajstić information content (AvgIpc) is 3.09. The first-order valence-corrected chi connectivity index (χ1v) is 8.09. The third-order valence-corrected chi connectivity index (χ3v) is 4.35. The monoisotopic (exact) mass is 351 g/mol. The van der Waals surface area contributed by atoms with E-state index in [9.17, 15) is 4.79 Å². The Kier molecular flexibility index (Phi) is 4.43. The van der Waals surface area contributed by atoms with Gasteiger partial charge in [0.2, 0.25) is 0 Å². The van der Waals surface area contributed by atoms with Gasteiger partial charge in [-0.25, -0.2) is 0 Å². The first-order valence-electron chi connectivity index (χ1n) is 7.30. The molecular formula is C15H18BrN3O2. The Hall–Kier alpha value is -1.56. The van der Waals surface area contributed by atoms with Crippen LogP contribution in [-0.2, 0) is 6.42 Å². The summed E-state index contributed by atoms with van der Waals surface area (Å²) in [5.41, 5.74) is 1.56. The first-order chi connectivity index (χ1) is 10.2. The fraction of sp³-hybridized carbons (Fsp3) is 0.467. The van der Waals surface area contributed by atoms with Gasteiger partial charge in [0, 0.05) is 17.8 Å². The van der Waals surface area contributed by atoms with Crippen molar-refractivity contribution in [3.8, 4) is 0 Å². The minimum atomic E-state index is -0.222. The average molecular weight is 352 g/mol. The number of furan rings is 1. The molecule has 1 aliphatic rings. The van der Waals surface area contributed by atoms with Crippen LogP contribution < -0.4 is 5.32 Å². The number of rotatable bonds is 4. The van der Waals surface area contributed by atoms with Gasteiger partial charge >= 0.3 is 0 Å². The molecule has 1 fully saturated rings. The second-order valence-corrected chi connectivity index (χ2v) is 6.36. The fourth-order valence-corrected chi connectivity index (χ4v) is 3.19. The zero-order valence-electron chi connectivity index (χ0n) is 11.7. The minimum Gasteiger partial charge on any atom is -0.457 e. The van der Waals surface area contributed by atoms with E-state index in [-0.39, 0.29) is 5.91 Å². The number of aromatic nitrogens is 2. The number of carbonyl (C=O) groups is 1. The molecule has 1 saturated carbocycles. The zero-order chi connectivity index (χ0) is 14.7. The molecule has 1 aliphatic carbocycles. The number of aromatic amines is 1. The Labute approximate surface area is 131 Å². The number of halogens is 1. The molecule has 112 valence electrons. The molecule has 0 spiro atoms. The lowest BCUT2D eigenvalue weighted by molar-refractivity contribution is 0.102. The van der Waals surface area contributed by atoms with Crippen LogP contribution in [0.4, 0.5) is 5.82 Å². The van der Waals surface area contributed by atoms with Crippen molar-refractivity contribution in [3.05, 3.63) is 34.3 Å². The van der Waals surface area contributed by atoms with Crippen LogP contribution in [0.15, 0.2) is 27.5 Å². The predicted molar refractivity (Wildman–Crippen MR) is 83.2 cm³/mol. The van der Waals surface area contributed by atoms with E-state index < -0.39 is 0 Å². The van der Waals surface area contributed by atoms with Crippen molar-refractivity contribution in [1.29, 1.82) is 0 Å². The molecule has 5 nitrogen and oxygen atoms in total. The molecule has 3 rings (SSSR count). The summed E-state index contributed by atoms with van der Waals surface area (Å²) >= 11 is 3.18. The van der Waals surface area contributed by atoms with E-state index in [0.29, 0.717) is 16.1 Å². The Morgan fingerprint density at radius 2 is 2.19 bits per heavy atom. The highest BCUT2D eigenvalue weighted by Crippen LogP contribution is 2.26. The maximum Gasteiger partial charge on any atom is 0.260 e. The summed E-state index contributed by atoms with van der Waals surface area (Å²) in [6.07, 6.45) is 9.04. The predicted octanol–water partition coefficient (Wildman–Crippen LogP) is 4.14. The normalized spacial score (nSPS) is 16.0. The van der Waals surface area contributed by atoms with Crippen LogP contribution in [0.1, 0.15) is 48.2 Å². The molecule has 0 radical (unpaired) electrons. The van der Waals surface area contributed by atoms with Crippen LogP contribution in [0.2, 0.25) is 0 Å². The van der Waals surface area contributed by atoms with Crippen molar-refractivity contribution in [1.82, 2.24) is 10.2 Å². The maximum atomic E-state index is 12.0. The summed E-state index contributed by atoms with van der Waals surface area (Å²) in [5, 5.41) is 9.94. The van der Waals surface area contributed by atoms with Crippen molar-refractivity contribution in [2.75, 3.05) is 5.32 Å². The minimum absolute atomic E-state index is 0.222. The summed E-state index contributed by atoms with van der Waals surface area (Å²) in [6.45, 7) is 0. The molecule has 21 heavy (non-hydrogen) atoms. The quantitative estimate of drug-likeness (QED) is 0.869. The van der Waals surface area contributed by atoms with Gasteiger partial charge in [-0.15, -0.1) is 0 Å². The lowest BCUT2D eigenvalue weighted by Crippen LogP contribution is -2.11. The summed E-state index contributed by atoms with van der Waals surface area (Å²) in [7, 11) is 0. The number of hydrogen-bond donors (Lipinski definition) is 2. The van der Waals surface area contributed by atoms with Crippen molar-refractivity contribution in [2.45, 2.75) is 38.5 Å². The van der Waals surface area contributed by atoms with Gasteiger partial charge in [0.1, 0.15) is 6.26 Å². The Morgan fingerprint density at radius 1 is 1.38 bits per heavy atom. The molecule has 6 heteroatoms. The van der Waals surface area contributed by atoms with Gasteiger partial charge in [-0.05, 0) is 28.3 Å². The number of H-pyrrole nitrogens is 1. The number of amides is 1. The van der Waals surface area contributed by atoms with Crippen LogP contribution in [0, 0.1) is 5.92 Å². The van der Waals surface area contributed by atoms with Crippen LogP contribution >= 0.6 is 15.9 Å². The van der Waals surface area contributed by atoms with Gasteiger partial charge in [0.15, 0.2) is 10.5 Å². The van der Waals surface area contributed by atoms with E-state index in [1.165, 1.54) is 38.4 Å². The molecule has 0 aliphatic heterocycles. The van der Waals surface area contributed by atoms with Crippen LogP contribution in [-0.4, -0.2) is 16.1 Å². The number of anilines is 1. The van der Waals surface area contributed by atoms with Crippen LogP contribution in [0.25, 0.3) is 0 Å². The lowest BCUT2D eigenvalue weighted by atomic mass is 9.86. The number of carbonyl (C=O) groups excluding carboxylic acids is 1. The summed E-state index contributed by atoms with van der Waals surface area (Å²) in [5.74, 6) is 1.08. The zero-order valence-corrected chi connectivity index (χ0v) is 13.3. The molecule has 2 aromatic rings. The van der Waals surface area contributed by atoms with E-state index in [2.05, 4.69) is 31.4 Å².